The number of carbonyl (C=O) groups is 1. The van der Waals surface area contributed by atoms with Gasteiger partial charge in [-0.3, -0.25) is 19.9 Å². The van der Waals surface area contributed by atoms with Gasteiger partial charge in [0.25, 0.3) is 0 Å². The van der Waals surface area contributed by atoms with Gasteiger partial charge in [0.15, 0.2) is 5.13 Å². The van der Waals surface area contributed by atoms with Crippen molar-refractivity contribution in [3.63, 3.8) is 0 Å². The number of carbonyl (C=O) groups excluding carboxylic acids is 1. The molecule has 0 bridgehead atoms. The molecule has 0 spiro atoms. The van der Waals surface area contributed by atoms with Gasteiger partial charge in [0.1, 0.15) is 5.69 Å². The molecule has 8 nitrogen and oxygen atoms in total. The van der Waals surface area contributed by atoms with Gasteiger partial charge in [-0.25, -0.2) is 0 Å². The van der Waals surface area contributed by atoms with Crippen molar-refractivity contribution in [2.45, 2.75) is 0 Å². The second-order valence-corrected chi connectivity index (χ2v) is 10.0. The summed E-state index contributed by atoms with van der Waals surface area (Å²) >= 11 is 1.10. The van der Waals surface area contributed by atoms with E-state index in [9.17, 15) is 9.18 Å². The molecular weight excluding hydrogens is 489 g/mol. The molecule has 6 aromatic rings. The van der Waals surface area contributed by atoms with Crippen molar-refractivity contribution in [2.24, 2.45) is 0 Å². The second-order valence-electron chi connectivity index (χ2n) is 9.02. The van der Waals surface area contributed by atoms with Crippen molar-refractivity contribution in [1.82, 2.24) is 30.0 Å². The Morgan fingerprint density at radius 2 is 1.84 bits per heavy atom. The lowest BCUT2D eigenvalue weighted by Gasteiger charge is -2.11. The van der Waals surface area contributed by atoms with Gasteiger partial charge in [-0.2, -0.15) is 9.49 Å². The molecule has 0 unspecified atom stereocenters. The molecule has 0 aliphatic rings. The van der Waals surface area contributed by atoms with Crippen LogP contribution in [0.5, 0.6) is 0 Å². The zero-order valence-electron chi connectivity index (χ0n) is 20.0. The summed E-state index contributed by atoms with van der Waals surface area (Å²) in [6, 6.07) is 13.2. The van der Waals surface area contributed by atoms with Gasteiger partial charge in [0, 0.05) is 39.2 Å². The fraction of sp³-hybridized carbons (Fsp3) is 0.111. The number of H-pyrrole nitrogens is 2. The zero-order valence-corrected chi connectivity index (χ0v) is 20.9. The SMILES string of the molecule is CN(C)CC(=O)Nc1cncc(-c2ccc3[nH]nc(-c4cc5c(-c6ccc(F)s6)cncc5[nH]4)c3c2)c1. The summed E-state index contributed by atoms with van der Waals surface area (Å²) in [5.74, 6) is -0.102. The van der Waals surface area contributed by atoms with Gasteiger partial charge >= 0.3 is 0 Å². The summed E-state index contributed by atoms with van der Waals surface area (Å²) in [4.78, 5) is 26.9. The molecule has 1 amide bonds. The fourth-order valence-corrected chi connectivity index (χ4v) is 5.14. The maximum absolute atomic E-state index is 13.7. The normalized spacial score (nSPS) is 11.6. The number of aromatic amines is 2. The van der Waals surface area contributed by atoms with Gasteiger partial charge in [0.2, 0.25) is 5.91 Å². The summed E-state index contributed by atoms with van der Waals surface area (Å²) in [6.07, 6.45) is 6.91. The minimum absolute atomic E-state index is 0.102. The van der Waals surface area contributed by atoms with Crippen LogP contribution in [0.25, 0.3) is 54.8 Å². The van der Waals surface area contributed by atoms with E-state index in [4.69, 9.17) is 0 Å². The summed E-state index contributed by atoms with van der Waals surface area (Å²) in [6.45, 7) is 0.289. The molecule has 10 heteroatoms. The smallest absolute Gasteiger partial charge is 0.238 e. The van der Waals surface area contributed by atoms with E-state index in [1.807, 2.05) is 43.3 Å². The van der Waals surface area contributed by atoms with Gasteiger partial charge < -0.3 is 15.2 Å². The third kappa shape index (κ3) is 4.48. The molecule has 0 atom stereocenters. The van der Waals surface area contributed by atoms with E-state index in [1.54, 1.807) is 30.9 Å². The van der Waals surface area contributed by atoms with Crippen LogP contribution in [0.1, 0.15) is 0 Å². The highest BCUT2D eigenvalue weighted by Crippen LogP contribution is 2.36. The molecule has 5 aromatic heterocycles. The van der Waals surface area contributed by atoms with E-state index >= 15 is 0 Å². The molecule has 0 fully saturated rings. The van der Waals surface area contributed by atoms with Crippen molar-refractivity contribution in [2.75, 3.05) is 26.0 Å². The van der Waals surface area contributed by atoms with Crippen molar-refractivity contribution in [3.05, 3.63) is 72.4 Å². The summed E-state index contributed by atoms with van der Waals surface area (Å²) in [5.41, 5.74) is 6.65. The Morgan fingerprint density at radius 1 is 0.973 bits per heavy atom. The average molecular weight is 512 g/mol. The molecular formula is C27H22FN7OS. The minimum Gasteiger partial charge on any atom is -0.352 e. The molecule has 0 saturated carbocycles. The van der Waals surface area contributed by atoms with Gasteiger partial charge in [0.05, 0.1) is 41.4 Å². The Bertz CT molecular complexity index is 1770. The van der Waals surface area contributed by atoms with E-state index in [-0.39, 0.29) is 17.6 Å². The second kappa shape index (κ2) is 9.23. The Labute approximate surface area is 215 Å². The van der Waals surface area contributed by atoms with Gasteiger partial charge in [-0.1, -0.05) is 6.07 Å². The number of anilines is 1. The first-order valence-corrected chi connectivity index (χ1v) is 12.4. The van der Waals surface area contributed by atoms with Crippen molar-refractivity contribution in [3.8, 4) is 33.0 Å². The molecule has 0 radical (unpaired) electrons. The number of hydrogen-bond acceptors (Lipinski definition) is 6. The maximum Gasteiger partial charge on any atom is 0.238 e. The van der Waals surface area contributed by atoms with Crippen LogP contribution < -0.4 is 5.32 Å². The Balaban J connectivity index is 1.38. The number of likely N-dealkylation sites (N-methyl/N-ethyl adjacent to an activating group) is 1. The predicted octanol–water partition coefficient (Wildman–Crippen LogP) is 5.54. The van der Waals surface area contributed by atoms with E-state index in [0.29, 0.717) is 5.69 Å². The molecule has 0 aliphatic carbocycles. The van der Waals surface area contributed by atoms with Crippen LogP contribution >= 0.6 is 11.3 Å². The number of pyridine rings is 2. The van der Waals surface area contributed by atoms with Crippen LogP contribution in [0.3, 0.4) is 0 Å². The highest BCUT2D eigenvalue weighted by atomic mass is 32.1. The molecule has 6 rings (SSSR count). The topological polar surface area (TPSA) is 103 Å². The number of aromatic nitrogens is 5. The van der Waals surface area contributed by atoms with Crippen LogP contribution in [0, 0.1) is 5.13 Å². The Kier molecular flexibility index (Phi) is 5.74. The number of benzene rings is 1. The summed E-state index contributed by atoms with van der Waals surface area (Å²) in [5, 5.41) is 12.2. The maximum atomic E-state index is 13.7. The number of fused-ring (bicyclic) bond motifs is 2. The molecule has 184 valence electrons. The van der Waals surface area contributed by atoms with Gasteiger partial charge in [-0.15, -0.1) is 11.3 Å². The number of thiophene rings is 1. The van der Waals surface area contributed by atoms with E-state index in [0.717, 1.165) is 66.1 Å². The largest absolute Gasteiger partial charge is 0.352 e. The molecule has 1 aromatic carbocycles. The Morgan fingerprint density at radius 3 is 2.65 bits per heavy atom. The number of nitrogens with one attached hydrogen (secondary N) is 3. The van der Waals surface area contributed by atoms with E-state index in [1.165, 1.54) is 6.07 Å². The van der Waals surface area contributed by atoms with E-state index in [2.05, 4.69) is 36.5 Å². The summed E-state index contributed by atoms with van der Waals surface area (Å²) < 4.78 is 13.7. The number of rotatable bonds is 6. The molecule has 0 aliphatic heterocycles. The van der Waals surface area contributed by atoms with Crippen molar-refractivity contribution >= 4 is 44.7 Å². The third-order valence-corrected chi connectivity index (χ3v) is 6.92. The zero-order chi connectivity index (χ0) is 25.5. The van der Waals surface area contributed by atoms with Crippen LogP contribution in [-0.2, 0) is 4.79 Å². The molecule has 37 heavy (non-hydrogen) atoms. The molecule has 3 N–H and O–H groups in total. The quantitative estimate of drug-likeness (QED) is 0.273. The number of halogens is 1. The lowest BCUT2D eigenvalue weighted by Crippen LogP contribution is -2.27. The summed E-state index contributed by atoms with van der Waals surface area (Å²) in [7, 11) is 3.69. The van der Waals surface area contributed by atoms with Crippen LogP contribution in [0.2, 0.25) is 0 Å². The van der Waals surface area contributed by atoms with Crippen LogP contribution in [0.15, 0.2) is 67.3 Å². The monoisotopic (exact) mass is 511 g/mol. The third-order valence-electron chi connectivity index (χ3n) is 6.02. The molecule has 5 heterocycles. The standard InChI is InChI=1S/C27H22FN7OS/c1-35(2)14-26(36)31-17-7-16(10-29-11-17)15-3-4-21-19(8-15)27(34-33-21)22-9-18-20(12-30-13-23(18)32-22)24-5-6-25(28)37-24/h3-13,32H,14H2,1-2H3,(H,31,36)(H,33,34). The first kappa shape index (κ1) is 23.0. The average Bonchev–Trinajstić information content (AvgIpc) is 3.60. The van der Waals surface area contributed by atoms with Crippen LogP contribution in [-0.4, -0.2) is 56.6 Å². The van der Waals surface area contributed by atoms with Crippen LogP contribution in [0.4, 0.5) is 10.1 Å². The highest BCUT2D eigenvalue weighted by Gasteiger charge is 2.16. The lowest BCUT2D eigenvalue weighted by molar-refractivity contribution is -0.116. The number of hydrogen-bond donors (Lipinski definition) is 3. The fourth-order valence-electron chi connectivity index (χ4n) is 4.39. The van der Waals surface area contributed by atoms with Gasteiger partial charge in [-0.05, 0) is 56.1 Å². The van der Waals surface area contributed by atoms with Crippen molar-refractivity contribution < 1.29 is 9.18 Å². The highest BCUT2D eigenvalue weighted by molar-refractivity contribution is 7.14. The first-order chi connectivity index (χ1) is 17.9. The van der Waals surface area contributed by atoms with Crippen molar-refractivity contribution in [1.29, 1.82) is 0 Å². The molecule has 0 saturated heterocycles. The Hall–Kier alpha value is -4.41. The lowest BCUT2D eigenvalue weighted by atomic mass is 10.0. The number of amides is 1. The minimum atomic E-state index is -0.232. The number of nitrogens with zero attached hydrogens (tertiary/aromatic N) is 4. The first-order valence-electron chi connectivity index (χ1n) is 11.6. The van der Waals surface area contributed by atoms with E-state index < -0.39 is 0 Å². The predicted molar refractivity (Wildman–Crippen MR) is 145 cm³/mol.